The first-order chi connectivity index (χ1) is 15.4. The number of nitrogens with one attached hydrogen (secondary N) is 1. The third kappa shape index (κ3) is 6.22. The van der Waals surface area contributed by atoms with Crippen LogP contribution >= 0.6 is 34.2 Å². The summed E-state index contributed by atoms with van der Waals surface area (Å²) < 4.78 is 25.2. The van der Waals surface area contributed by atoms with Crippen molar-refractivity contribution >= 4 is 51.9 Å². The molecule has 3 rings (SSSR count). The molecule has 0 aromatic heterocycles. The molecule has 3 aromatic carbocycles. The number of carbonyl (C=O) groups is 1. The maximum Gasteiger partial charge on any atom is 0.266 e. The quantitative estimate of drug-likeness (QED) is 0.211. The summed E-state index contributed by atoms with van der Waals surface area (Å²) in [7, 11) is 1.51. The average Bonchev–Trinajstić information content (AvgIpc) is 2.79. The topological polar surface area (TPSA) is 71.3 Å². The van der Waals surface area contributed by atoms with Gasteiger partial charge in [0.2, 0.25) is 0 Å². The van der Waals surface area contributed by atoms with Crippen LogP contribution < -0.4 is 14.8 Å². The minimum absolute atomic E-state index is 0.109. The average molecular weight is 563 g/mol. The summed E-state index contributed by atoms with van der Waals surface area (Å²) in [5.74, 6) is -0.00180. The van der Waals surface area contributed by atoms with E-state index >= 15 is 0 Å². The standard InChI is InChI=1S/C24H17ClFIN2O3/c1-31-22-12-16(10-17(13-28)24(30)29-20-8-6-19(26)7-9-20)11-21(27)23(22)32-14-15-2-4-18(25)5-3-15/h2-12H,14H2,1H3,(H,29,30)/b17-10-. The van der Waals surface area contributed by atoms with E-state index in [0.717, 1.165) is 9.13 Å². The monoisotopic (exact) mass is 562 g/mol. The van der Waals surface area contributed by atoms with Gasteiger partial charge in [-0.25, -0.2) is 4.39 Å². The molecular formula is C24H17ClFIN2O3. The van der Waals surface area contributed by atoms with Crippen LogP contribution in [0.4, 0.5) is 10.1 Å². The van der Waals surface area contributed by atoms with Crippen molar-refractivity contribution in [2.24, 2.45) is 0 Å². The van der Waals surface area contributed by atoms with Gasteiger partial charge < -0.3 is 14.8 Å². The molecule has 162 valence electrons. The Balaban J connectivity index is 1.80. The van der Waals surface area contributed by atoms with Gasteiger partial charge in [-0.15, -0.1) is 0 Å². The lowest BCUT2D eigenvalue weighted by atomic mass is 10.1. The fourth-order valence-electron chi connectivity index (χ4n) is 2.75. The summed E-state index contributed by atoms with van der Waals surface area (Å²) in [6, 6.07) is 18.0. The Morgan fingerprint density at radius 3 is 2.50 bits per heavy atom. The number of methoxy groups -OCH3 is 1. The summed E-state index contributed by atoms with van der Waals surface area (Å²) >= 11 is 8.02. The number of amides is 1. The van der Waals surface area contributed by atoms with Crippen molar-refractivity contribution in [1.82, 2.24) is 0 Å². The molecule has 0 atom stereocenters. The van der Waals surface area contributed by atoms with Crippen LogP contribution in [0.15, 0.2) is 66.2 Å². The number of anilines is 1. The zero-order valence-electron chi connectivity index (χ0n) is 16.9. The number of hydrogen-bond donors (Lipinski definition) is 1. The van der Waals surface area contributed by atoms with E-state index in [1.807, 2.05) is 18.2 Å². The van der Waals surface area contributed by atoms with E-state index < -0.39 is 11.7 Å². The highest BCUT2D eigenvalue weighted by molar-refractivity contribution is 14.1. The molecule has 5 nitrogen and oxygen atoms in total. The van der Waals surface area contributed by atoms with E-state index in [1.165, 1.54) is 37.5 Å². The van der Waals surface area contributed by atoms with Crippen molar-refractivity contribution in [1.29, 1.82) is 5.26 Å². The molecule has 3 aromatic rings. The highest BCUT2D eigenvalue weighted by atomic mass is 127. The van der Waals surface area contributed by atoms with Gasteiger partial charge in [0.1, 0.15) is 24.1 Å². The lowest BCUT2D eigenvalue weighted by Crippen LogP contribution is -2.13. The molecule has 0 saturated carbocycles. The Labute approximate surface area is 203 Å². The van der Waals surface area contributed by atoms with Gasteiger partial charge in [0.15, 0.2) is 11.5 Å². The zero-order valence-corrected chi connectivity index (χ0v) is 19.8. The van der Waals surface area contributed by atoms with Crippen LogP contribution in [0.2, 0.25) is 5.02 Å². The summed E-state index contributed by atoms with van der Waals surface area (Å²) in [5.41, 5.74) is 1.81. The van der Waals surface area contributed by atoms with Gasteiger partial charge in [-0.1, -0.05) is 23.7 Å². The first kappa shape index (κ1) is 23.6. The van der Waals surface area contributed by atoms with Crippen molar-refractivity contribution < 1.29 is 18.7 Å². The second-order valence-electron chi connectivity index (χ2n) is 6.58. The summed E-state index contributed by atoms with van der Waals surface area (Å²) in [5, 5.41) is 12.7. The number of nitrogens with zero attached hydrogens (tertiary/aromatic N) is 1. The predicted molar refractivity (Wildman–Crippen MR) is 130 cm³/mol. The number of hydrogen-bond acceptors (Lipinski definition) is 4. The molecule has 32 heavy (non-hydrogen) atoms. The van der Waals surface area contributed by atoms with Gasteiger partial charge in [-0.3, -0.25) is 4.79 Å². The van der Waals surface area contributed by atoms with E-state index in [1.54, 1.807) is 24.3 Å². The molecule has 0 radical (unpaired) electrons. The number of halogens is 3. The number of nitriles is 1. The maximum absolute atomic E-state index is 13.0. The van der Waals surface area contributed by atoms with Crippen molar-refractivity contribution in [2.75, 3.05) is 12.4 Å². The molecule has 1 amide bonds. The largest absolute Gasteiger partial charge is 0.493 e. The van der Waals surface area contributed by atoms with E-state index in [0.29, 0.717) is 34.4 Å². The molecule has 0 saturated heterocycles. The van der Waals surface area contributed by atoms with Crippen molar-refractivity contribution in [2.45, 2.75) is 6.61 Å². The van der Waals surface area contributed by atoms with Crippen molar-refractivity contribution in [3.8, 4) is 17.6 Å². The number of ether oxygens (including phenoxy) is 2. The summed E-state index contributed by atoms with van der Waals surface area (Å²) in [6.07, 6.45) is 1.45. The molecule has 0 aliphatic carbocycles. The van der Waals surface area contributed by atoms with Gasteiger partial charge in [-0.2, -0.15) is 5.26 Å². The Morgan fingerprint density at radius 2 is 1.88 bits per heavy atom. The lowest BCUT2D eigenvalue weighted by Gasteiger charge is -2.14. The molecule has 0 aliphatic rings. The molecule has 0 aliphatic heterocycles. The zero-order chi connectivity index (χ0) is 23.1. The Kier molecular flexibility index (Phi) is 8.09. The molecule has 8 heteroatoms. The second-order valence-corrected chi connectivity index (χ2v) is 8.18. The maximum atomic E-state index is 13.0. The van der Waals surface area contributed by atoms with Crippen LogP contribution in [0.5, 0.6) is 11.5 Å². The molecule has 1 N–H and O–H groups in total. The fourth-order valence-corrected chi connectivity index (χ4v) is 3.65. The van der Waals surface area contributed by atoms with Gasteiger partial charge in [0.25, 0.3) is 5.91 Å². The molecule has 0 unspecified atom stereocenters. The van der Waals surface area contributed by atoms with Crippen LogP contribution in [0, 0.1) is 20.7 Å². The molecular weight excluding hydrogens is 546 g/mol. The summed E-state index contributed by atoms with van der Waals surface area (Å²) in [6.45, 7) is 0.322. The molecule has 0 fully saturated rings. The van der Waals surface area contributed by atoms with Crippen LogP contribution in [-0.2, 0) is 11.4 Å². The third-order valence-electron chi connectivity index (χ3n) is 4.33. The predicted octanol–water partition coefficient (Wildman–Crippen LogP) is 6.22. The molecule has 0 bridgehead atoms. The van der Waals surface area contributed by atoms with Gasteiger partial charge >= 0.3 is 0 Å². The van der Waals surface area contributed by atoms with Crippen molar-refractivity contribution in [3.63, 3.8) is 0 Å². The first-order valence-corrected chi connectivity index (χ1v) is 10.8. The normalized spacial score (nSPS) is 10.9. The van der Waals surface area contributed by atoms with E-state index in [2.05, 4.69) is 27.9 Å². The van der Waals surface area contributed by atoms with Crippen LogP contribution in [0.3, 0.4) is 0 Å². The smallest absolute Gasteiger partial charge is 0.266 e. The molecule has 0 heterocycles. The highest BCUT2D eigenvalue weighted by Gasteiger charge is 2.14. The van der Waals surface area contributed by atoms with E-state index in [4.69, 9.17) is 21.1 Å². The second kappa shape index (κ2) is 11.0. The van der Waals surface area contributed by atoms with Crippen LogP contribution in [0.1, 0.15) is 11.1 Å². The van der Waals surface area contributed by atoms with Crippen LogP contribution in [0.25, 0.3) is 6.08 Å². The van der Waals surface area contributed by atoms with Gasteiger partial charge in [0, 0.05) is 10.7 Å². The van der Waals surface area contributed by atoms with Gasteiger partial charge in [0.05, 0.1) is 10.7 Å². The minimum Gasteiger partial charge on any atom is -0.493 e. The number of carbonyl (C=O) groups excluding carboxylic acids is 1. The molecule has 0 spiro atoms. The van der Waals surface area contributed by atoms with E-state index in [9.17, 15) is 14.4 Å². The van der Waals surface area contributed by atoms with Crippen molar-refractivity contribution in [3.05, 3.63) is 91.8 Å². The third-order valence-corrected chi connectivity index (χ3v) is 5.38. The SMILES string of the molecule is COc1cc(/C=C(/C#N)C(=O)Nc2ccc(F)cc2)cc(I)c1OCc1ccc(Cl)cc1. The Bertz CT molecular complexity index is 1190. The number of benzene rings is 3. The fraction of sp³-hybridized carbons (Fsp3) is 0.0833. The number of rotatable bonds is 7. The summed E-state index contributed by atoms with van der Waals surface area (Å²) in [4.78, 5) is 12.5. The first-order valence-electron chi connectivity index (χ1n) is 9.33. The minimum atomic E-state index is -0.601. The van der Waals surface area contributed by atoms with Gasteiger partial charge in [-0.05, 0) is 88.3 Å². The van der Waals surface area contributed by atoms with Crippen LogP contribution in [-0.4, -0.2) is 13.0 Å². The highest BCUT2D eigenvalue weighted by Crippen LogP contribution is 2.35. The Morgan fingerprint density at radius 1 is 1.19 bits per heavy atom. The Hall–Kier alpha value is -3.09. The van der Waals surface area contributed by atoms with E-state index in [-0.39, 0.29) is 5.57 Å². The lowest BCUT2D eigenvalue weighted by molar-refractivity contribution is -0.112.